The van der Waals surface area contributed by atoms with Gasteiger partial charge in [0.25, 0.3) is 0 Å². The third kappa shape index (κ3) is 5.34. The summed E-state index contributed by atoms with van der Waals surface area (Å²) in [7, 11) is 0. The molecular weight excluding hydrogens is 440 g/mol. The molecule has 1 aliphatic rings. The van der Waals surface area contributed by atoms with E-state index in [4.69, 9.17) is 19.7 Å². The number of aromatic nitrogens is 6. The molecule has 1 fully saturated rings. The van der Waals surface area contributed by atoms with Crippen LogP contribution in [0.15, 0.2) is 54.7 Å². The highest BCUT2D eigenvalue weighted by Crippen LogP contribution is 2.25. The Bertz CT molecular complexity index is 1370. The number of pyridine rings is 1. The molecule has 9 heteroatoms. The second-order valence-electron chi connectivity index (χ2n) is 8.87. The summed E-state index contributed by atoms with van der Waals surface area (Å²) < 4.78 is 7.25. The van der Waals surface area contributed by atoms with Gasteiger partial charge in [0.1, 0.15) is 5.69 Å². The molecule has 176 valence electrons. The van der Waals surface area contributed by atoms with Crippen LogP contribution in [0.4, 0.5) is 5.95 Å². The lowest BCUT2D eigenvalue weighted by Gasteiger charge is -2.13. The van der Waals surface area contributed by atoms with Gasteiger partial charge in [-0.15, -0.1) is 5.10 Å². The van der Waals surface area contributed by atoms with Crippen molar-refractivity contribution >= 4 is 5.95 Å². The normalized spacial score (nSPS) is 15.3. The van der Waals surface area contributed by atoms with Gasteiger partial charge < -0.3 is 10.1 Å². The lowest BCUT2D eigenvalue weighted by molar-refractivity contribution is 0.195. The standard InChI is InChI=1S/C26H26N8O/c1-17(2)22-8-4-7-20(28-22)14-34-15-25(32-33-34)24-12-23(19-6-3-5-18(11-19)13-27)30-26(31-24)29-21-9-10-35-16-21/h3-8,11-12,15,17,21H,9-10,14,16H2,1-2H3,(H,29,30,31)/t21-/m0/s1. The number of nitriles is 1. The van der Waals surface area contributed by atoms with Gasteiger partial charge in [-0.3, -0.25) is 4.98 Å². The minimum Gasteiger partial charge on any atom is -0.379 e. The van der Waals surface area contributed by atoms with Gasteiger partial charge in [0, 0.05) is 17.9 Å². The zero-order valence-corrected chi connectivity index (χ0v) is 19.7. The summed E-state index contributed by atoms with van der Waals surface area (Å²) >= 11 is 0. The molecule has 5 rings (SSSR count). The molecule has 35 heavy (non-hydrogen) atoms. The molecular formula is C26H26N8O. The van der Waals surface area contributed by atoms with Crippen molar-refractivity contribution in [2.75, 3.05) is 18.5 Å². The van der Waals surface area contributed by atoms with E-state index in [2.05, 4.69) is 35.5 Å². The molecule has 0 aliphatic carbocycles. The van der Waals surface area contributed by atoms with Gasteiger partial charge in [-0.2, -0.15) is 5.26 Å². The average Bonchev–Trinajstić information content (AvgIpc) is 3.56. The number of nitrogens with one attached hydrogen (secondary N) is 1. The summed E-state index contributed by atoms with van der Waals surface area (Å²) in [4.78, 5) is 14.2. The molecule has 1 saturated heterocycles. The van der Waals surface area contributed by atoms with Crippen molar-refractivity contribution in [2.24, 2.45) is 0 Å². The second kappa shape index (κ2) is 9.99. The molecule has 0 unspecified atom stereocenters. The summed E-state index contributed by atoms with van der Waals surface area (Å²) in [6, 6.07) is 17.6. The fourth-order valence-electron chi connectivity index (χ4n) is 3.94. The van der Waals surface area contributed by atoms with Crippen LogP contribution >= 0.6 is 0 Å². The van der Waals surface area contributed by atoms with Gasteiger partial charge in [0.2, 0.25) is 5.95 Å². The van der Waals surface area contributed by atoms with Gasteiger partial charge in [-0.1, -0.05) is 37.3 Å². The van der Waals surface area contributed by atoms with Gasteiger partial charge in [0.15, 0.2) is 0 Å². The molecule has 1 aromatic carbocycles. The number of anilines is 1. The van der Waals surface area contributed by atoms with Crippen molar-refractivity contribution in [3.63, 3.8) is 0 Å². The van der Waals surface area contributed by atoms with Crippen molar-refractivity contribution in [1.82, 2.24) is 29.9 Å². The van der Waals surface area contributed by atoms with Crippen molar-refractivity contribution in [3.05, 3.63) is 71.7 Å². The molecule has 0 spiro atoms. The molecule has 1 atom stereocenters. The highest BCUT2D eigenvalue weighted by Gasteiger charge is 2.18. The Balaban J connectivity index is 1.47. The molecule has 9 nitrogen and oxygen atoms in total. The number of rotatable bonds is 7. The van der Waals surface area contributed by atoms with Crippen LogP contribution in [-0.4, -0.2) is 49.2 Å². The van der Waals surface area contributed by atoms with Gasteiger partial charge in [-0.05, 0) is 42.7 Å². The van der Waals surface area contributed by atoms with E-state index >= 15 is 0 Å². The van der Waals surface area contributed by atoms with Crippen LogP contribution in [0, 0.1) is 11.3 Å². The van der Waals surface area contributed by atoms with Gasteiger partial charge in [0.05, 0.1) is 54.1 Å². The SMILES string of the molecule is CC(C)c1cccc(Cn2cc(-c3cc(-c4cccc(C#N)c4)nc(N[C@H]4CCOC4)n3)nn2)n1. The third-order valence-corrected chi connectivity index (χ3v) is 5.82. The maximum atomic E-state index is 9.32. The summed E-state index contributed by atoms with van der Waals surface area (Å²) in [6.07, 6.45) is 2.76. The quantitative estimate of drug-likeness (QED) is 0.434. The molecule has 4 aromatic rings. The summed E-state index contributed by atoms with van der Waals surface area (Å²) in [5.41, 5.74) is 5.37. The second-order valence-corrected chi connectivity index (χ2v) is 8.87. The van der Waals surface area contributed by atoms with Crippen LogP contribution in [-0.2, 0) is 11.3 Å². The number of hydrogen-bond acceptors (Lipinski definition) is 8. The van der Waals surface area contributed by atoms with Crippen molar-refractivity contribution < 1.29 is 4.74 Å². The van der Waals surface area contributed by atoms with E-state index in [-0.39, 0.29) is 6.04 Å². The number of ether oxygens (including phenoxy) is 1. The topological polar surface area (TPSA) is 114 Å². The molecule has 0 amide bonds. The van der Waals surface area contributed by atoms with E-state index in [0.29, 0.717) is 47.7 Å². The molecule has 1 N–H and O–H groups in total. The largest absolute Gasteiger partial charge is 0.379 e. The summed E-state index contributed by atoms with van der Waals surface area (Å²) in [5.74, 6) is 0.854. The van der Waals surface area contributed by atoms with E-state index in [1.54, 1.807) is 10.7 Å². The van der Waals surface area contributed by atoms with Crippen molar-refractivity contribution in [1.29, 1.82) is 5.26 Å². The Morgan fingerprint density at radius 2 is 1.94 bits per heavy atom. The minimum absolute atomic E-state index is 0.151. The monoisotopic (exact) mass is 466 g/mol. The van der Waals surface area contributed by atoms with E-state index < -0.39 is 0 Å². The Morgan fingerprint density at radius 3 is 2.74 bits per heavy atom. The lowest BCUT2D eigenvalue weighted by Crippen LogP contribution is -2.20. The predicted molar refractivity (Wildman–Crippen MR) is 131 cm³/mol. The predicted octanol–water partition coefficient (Wildman–Crippen LogP) is 4.04. The van der Waals surface area contributed by atoms with Crippen LogP contribution < -0.4 is 5.32 Å². The Morgan fingerprint density at radius 1 is 1.09 bits per heavy atom. The first-order valence-corrected chi connectivity index (χ1v) is 11.7. The van der Waals surface area contributed by atoms with Crippen LogP contribution in [0.5, 0.6) is 0 Å². The smallest absolute Gasteiger partial charge is 0.224 e. The van der Waals surface area contributed by atoms with Crippen molar-refractivity contribution in [2.45, 2.75) is 38.8 Å². The molecule has 3 aromatic heterocycles. The van der Waals surface area contributed by atoms with Crippen molar-refractivity contribution in [3.8, 4) is 28.7 Å². The maximum absolute atomic E-state index is 9.32. The first-order chi connectivity index (χ1) is 17.1. The number of benzene rings is 1. The third-order valence-electron chi connectivity index (χ3n) is 5.82. The number of hydrogen-bond donors (Lipinski definition) is 1. The molecule has 1 aliphatic heterocycles. The zero-order chi connectivity index (χ0) is 24.2. The zero-order valence-electron chi connectivity index (χ0n) is 19.7. The summed E-state index contributed by atoms with van der Waals surface area (Å²) in [6.45, 7) is 6.10. The molecule has 0 radical (unpaired) electrons. The van der Waals surface area contributed by atoms with E-state index in [0.717, 1.165) is 30.0 Å². The molecule has 0 bridgehead atoms. The first kappa shape index (κ1) is 22.6. The highest BCUT2D eigenvalue weighted by molar-refractivity contribution is 5.68. The minimum atomic E-state index is 0.151. The average molecular weight is 467 g/mol. The van der Waals surface area contributed by atoms with Crippen LogP contribution in [0.2, 0.25) is 0 Å². The maximum Gasteiger partial charge on any atom is 0.224 e. The Hall–Kier alpha value is -4.16. The van der Waals surface area contributed by atoms with Crippen LogP contribution in [0.1, 0.15) is 43.1 Å². The fourth-order valence-corrected chi connectivity index (χ4v) is 3.94. The fraction of sp³-hybridized carbons (Fsp3) is 0.308. The van der Waals surface area contributed by atoms with E-state index in [9.17, 15) is 5.26 Å². The van der Waals surface area contributed by atoms with Gasteiger partial charge in [-0.25, -0.2) is 14.6 Å². The van der Waals surface area contributed by atoms with E-state index in [1.165, 1.54) is 0 Å². The first-order valence-electron chi connectivity index (χ1n) is 11.7. The van der Waals surface area contributed by atoms with E-state index in [1.807, 2.05) is 48.7 Å². The highest BCUT2D eigenvalue weighted by atomic mass is 16.5. The van der Waals surface area contributed by atoms with Crippen LogP contribution in [0.3, 0.4) is 0 Å². The lowest BCUT2D eigenvalue weighted by atomic mass is 10.1. The van der Waals surface area contributed by atoms with Gasteiger partial charge >= 0.3 is 0 Å². The summed E-state index contributed by atoms with van der Waals surface area (Å²) in [5, 5.41) is 21.4. The van der Waals surface area contributed by atoms with Crippen LogP contribution in [0.25, 0.3) is 22.6 Å². The molecule has 4 heterocycles. The Kier molecular flexibility index (Phi) is 6.46. The Labute approximate surface area is 203 Å². The number of nitrogens with zero attached hydrogens (tertiary/aromatic N) is 7. The molecule has 0 saturated carbocycles.